The van der Waals surface area contributed by atoms with Crippen LogP contribution in [0.25, 0.3) is 138 Å². The van der Waals surface area contributed by atoms with Crippen molar-refractivity contribution < 1.29 is 4.42 Å². The zero-order valence-electron chi connectivity index (χ0n) is 55.9. The van der Waals surface area contributed by atoms with Crippen molar-refractivity contribution in [2.24, 2.45) is 0 Å². The minimum Gasteiger partial charge on any atom is -0.468 e. The van der Waals surface area contributed by atoms with Crippen molar-refractivity contribution >= 4 is 105 Å². The average Bonchev–Trinajstić information content (AvgIpc) is 1.46. The fourth-order valence-electron chi connectivity index (χ4n) is 16.2. The van der Waals surface area contributed by atoms with Gasteiger partial charge in [-0.25, -0.2) is 0 Å². The molecule has 3 nitrogen and oxygen atoms in total. The highest BCUT2D eigenvalue weighted by molar-refractivity contribution is 7.00. The zero-order valence-corrected chi connectivity index (χ0v) is 55.9. The quantitative estimate of drug-likeness (QED) is 0.117. The molecule has 0 fully saturated rings. The molecule has 0 radical (unpaired) electrons. The van der Waals surface area contributed by atoms with E-state index in [0.29, 0.717) is 0 Å². The van der Waals surface area contributed by atoms with Crippen molar-refractivity contribution in [2.45, 2.75) is 78.6 Å². The summed E-state index contributed by atoms with van der Waals surface area (Å²) in [5, 5.41) is 11.0. The Hall–Kier alpha value is -10.9. The van der Waals surface area contributed by atoms with Crippen molar-refractivity contribution in [3.8, 4) is 72.4 Å². The maximum atomic E-state index is 7.76. The van der Waals surface area contributed by atoms with Crippen LogP contribution in [-0.2, 0) is 16.2 Å². The molecule has 16 aromatic rings. The van der Waals surface area contributed by atoms with Crippen molar-refractivity contribution in [1.82, 2.24) is 4.57 Å². The third-order valence-electron chi connectivity index (χ3n) is 21.0. The lowest BCUT2D eigenvalue weighted by Gasteiger charge is -2.39. The molecule has 14 aromatic carbocycles. The predicted molar refractivity (Wildman–Crippen MR) is 411 cm³/mol. The Labute approximate surface area is 562 Å². The fourth-order valence-corrected chi connectivity index (χ4v) is 16.2. The number of nitrogens with zero attached hydrogens (tertiary/aromatic N) is 2. The molecule has 4 heterocycles. The summed E-state index contributed by atoms with van der Waals surface area (Å²) in [4.78, 5) is 2.59. The normalized spacial score (nSPS) is 13.0. The van der Waals surface area contributed by atoms with Crippen molar-refractivity contribution in [2.75, 3.05) is 4.90 Å². The Morgan fingerprint density at radius 2 is 0.812 bits per heavy atom. The molecule has 0 amide bonds. The van der Waals surface area contributed by atoms with E-state index in [1.807, 2.05) is 0 Å². The van der Waals surface area contributed by atoms with Gasteiger partial charge in [0, 0.05) is 38.6 Å². The summed E-state index contributed by atoms with van der Waals surface area (Å²) in [5.41, 5.74) is 28.8. The van der Waals surface area contributed by atoms with Gasteiger partial charge in [0.25, 0.3) is 6.71 Å². The van der Waals surface area contributed by atoms with Crippen molar-refractivity contribution in [1.29, 1.82) is 0 Å². The Balaban J connectivity index is 1.04. The van der Waals surface area contributed by atoms with Gasteiger partial charge in [-0.05, 0) is 198 Å². The molecule has 460 valence electrons. The van der Waals surface area contributed by atoms with Gasteiger partial charge >= 0.3 is 0 Å². The molecule has 0 unspecified atom stereocenters. The van der Waals surface area contributed by atoms with Crippen molar-refractivity contribution in [3.05, 3.63) is 296 Å². The van der Waals surface area contributed by atoms with Crippen LogP contribution in [0.5, 0.6) is 0 Å². The number of furan rings is 1. The van der Waals surface area contributed by atoms with Crippen LogP contribution in [0.1, 0.15) is 79.0 Å². The third kappa shape index (κ3) is 8.95. The number of rotatable bonds is 7. The van der Waals surface area contributed by atoms with Crippen LogP contribution in [0, 0.1) is 0 Å². The zero-order chi connectivity index (χ0) is 65.1. The van der Waals surface area contributed by atoms with Crippen LogP contribution >= 0.6 is 0 Å². The number of anilines is 3. The van der Waals surface area contributed by atoms with Gasteiger partial charge in [-0.1, -0.05) is 281 Å². The minimum absolute atomic E-state index is 0.0158. The van der Waals surface area contributed by atoms with Crippen LogP contribution in [0.15, 0.2) is 283 Å². The Bertz CT molecular complexity index is 5790. The second kappa shape index (κ2) is 21.3. The lowest BCUT2D eigenvalue weighted by atomic mass is 9.35. The van der Waals surface area contributed by atoms with Gasteiger partial charge < -0.3 is 13.9 Å². The molecule has 0 bridgehead atoms. The van der Waals surface area contributed by atoms with Crippen LogP contribution in [0.3, 0.4) is 0 Å². The summed E-state index contributed by atoms with van der Waals surface area (Å²) in [6.07, 6.45) is 0. The SMILES string of the molecule is CC(C)(C)c1ccc(-c2cc(-c3ccccc3)c(-c3cc4c5c(c3)-n3c6ccc(-c7ccccc7-c7ccccc7)cc6c6c7c8ccccc8c8ccccc8c7cc(c63)B5c3oc5ccc(C(C)(C)C)cc5c3N4c3ccc(C(C)(C)C)cc3)c(-c3ccccc3)c2)cc1. The molecule has 2 aromatic heterocycles. The standard InChI is InChI=1S/C92H73BN2O/c1-90(2,3)63-40-37-56(38-41-63)61-50-73(58-27-15-11-16-28-58)83(74(51-61)59-29-17-12-18-30-59)62-52-80-86-81(53-62)95-79-47-39-60(68-32-20-19-31-67(68)57-25-13-10-14-26-57)49-76(79)85-84-72-36-24-23-34-70(72)69-33-21-22-35-71(69)75(84)55-78(88(85)95)93(86)89-87(77-54-65(92(7,8)9)44-48-82(77)96-89)94(80)66-45-42-64(43-46-66)91(4,5)6/h10-55H,1-9H3. The number of aromatic nitrogens is 1. The fraction of sp³-hybridized carbons (Fsp3) is 0.130. The molecular formula is C92H73BN2O. The molecule has 0 spiro atoms. The highest BCUT2D eigenvalue weighted by Gasteiger charge is 2.47. The largest absolute Gasteiger partial charge is 0.468 e. The number of hydrogen-bond acceptors (Lipinski definition) is 2. The van der Waals surface area contributed by atoms with E-state index in [4.69, 9.17) is 4.42 Å². The third-order valence-corrected chi connectivity index (χ3v) is 21.0. The first kappa shape index (κ1) is 57.7. The van der Waals surface area contributed by atoms with Gasteiger partial charge in [-0.2, -0.15) is 0 Å². The second-order valence-electron chi connectivity index (χ2n) is 30.0. The Morgan fingerprint density at radius 3 is 1.41 bits per heavy atom. The molecule has 0 saturated carbocycles. The van der Waals surface area contributed by atoms with Crippen LogP contribution in [-0.4, -0.2) is 11.3 Å². The van der Waals surface area contributed by atoms with E-state index < -0.39 is 0 Å². The first-order chi connectivity index (χ1) is 46.5. The molecule has 96 heavy (non-hydrogen) atoms. The van der Waals surface area contributed by atoms with E-state index in [0.717, 1.165) is 61.6 Å². The highest BCUT2D eigenvalue weighted by atomic mass is 16.3. The highest BCUT2D eigenvalue weighted by Crippen LogP contribution is 2.53. The van der Waals surface area contributed by atoms with E-state index in [9.17, 15) is 0 Å². The van der Waals surface area contributed by atoms with E-state index in [2.05, 4.69) is 351 Å². The van der Waals surface area contributed by atoms with Gasteiger partial charge in [0.05, 0.1) is 22.4 Å². The summed E-state index contributed by atoms with van der Waals surface area (Å²) in [7, 11) is 0. The molecule has 0 atom stereocenters. The van der Waals surface area contributed by atoms with Gasteiger partial charge in [0.1, 0.15) is 5.58 Å². The van der Waals surface area contributed by atoms with E-state index in [1.165, 1.54) is 126 Å². The van der Waals surface area contributed by atoms with Gasteiger partial charge in [-0.15, -0.1) is 0 Å². The molecule has 18 rings (SSSR count). The van der Waals surface area contributed by atoms with Crippen LogP contribution < -0.4 is 21.5 Å². The van der Waals surface area contributed by atoms with Crippen LogP contribution in [0.2, 0.25) is 0 Å². The van der Waals surface area contributed by atoms with E-state index >= 15 is 0 Å². The molecule has 2 aliphatic rings. The predicted octanol–water partition coefficient (Wildman–Crippen LogP) is 23.5. The average molecular weight is 1230 g/mol. The maximum absolute atomic E-state index is 7.76. The Morgan fingerprint density at radius 1 is 0.323 bits per heavy atom. The lowest BCUT2D eigenvalue weighted by molar-refractivity contribution is 0.590. The monoisotopic (exact) mass is 1230 g/mol. The number of fused-ring (bicyclic) bond motifs is 16. The Kier molecular flexibility index (Phi) is 12.8. The van der Waals surface area contributed by atoms with E-state index in [-0.39, 0.29) is 23.0 Å². The molecule has 0 aliphatic carbocycles. The van der Waals surface area contributed by atoms with Crippen LogP contribution in [0.4, 0.5) is 17.1 Å². The summed E-state index contributed by atoms with van der Waals surface area (Å²) in [6.45, 7) is 20.5. The number of hydrogen-bond donors (Lipinski definition) is 0. The summed E-state index contributed by atoms with van der Waals surface area (Å²) in [6, 6.07) is 106. The van der Waals surface area contributed by atoms with Crippen molar-refractivity contribution in [3.63, 3.8) is 0 Å². The van der Waals surface area contributed by atoms with Gasteiger partial charge in [-0.3, -0.25) is 0 Å². The number of benzene rings is 14. The van der Waals surface area contributed by atoms with Gasteiger partial charge in [0.15, 0.2) is 0 Å². The van der Waals surface area contributed by atoms with E-state index in [1.54, 1.807) is 0 Å². The molecular weight excluding hydrogens is 1160 g/mol. The molecule has 4 heteroatoms. The first-order valence-electron chi connectivity index (χ1n) is 34.1. The smallest absolute Gasteiger partial charge is 0.297 e. The lowest BCUT2D eigenvalue weighted by Crippen LogP contribution is -2.60. The molecule has 0 saturated heterocycles. The maximum Gasteiger partial charge on any atom is 0.297 e. The topological polar surface area (TPSA) is 21.3 Å². The summed E-state index contributed by atoms with van der Waals surface area (Å²) < 4.78 is 10.4. The molecule has 0 N–H and O–H groups in total. The summed E-state index contributed by atoms with van der Waals surface area (Å²) >= 11 is 0. The summed E-state index contributed by atoms with van der Waals surface area (Å²) in [5.74, 6) is 0. The first-order valence-corrected chi connectivity index (χ1v) is 34.1. The minimum atomic E-state index is -0.317. The second-order valence-corrected chi connectivity index (χ2v) is 30.0. The molecule has 2 aliphatic heterocycles. The van der Waals surface area contributed by atoms with Gasteiger partial charge in [0.2, 0.25) is 0 Å².